The molecule has 0 aliphatic carbocycles. The van der Waals surface area contributed by atoms with Crippen LogP contribution in [0.15, 0.2) is 48.5 Å². The van der Waals surface area contributed by atoms with Crippen LogP contribution < -0.4 is 11.1 Å². The lowest BCUT2D eigenvalue weighted by molar-refractivity contribution is 0.0973. The molecule has 8 heteroatoms. The summed E-state index contributed by atoms with van der Waals surface area (Å²) in [5.74, 6) is -0.674. The number of rotatable bonds is 6. The number of halogens is 1. The summed E-state index contributed by atoms with van der Waals surface area (Å²) in [6, 6.07) is 11.5. The van der Waals surface area contributed by atoms with Crippen LogP contribution in [0.3, 0.4) is 0 Å². The molecule has 6 nitrogen and oxygen atoms in total. The fraction of sp³-hybridized carbons (Fsp3) is 0.111. The van der Waals surface area contributed by atoms with Crippen LogP contribution in [0.4, 0.5) is 9.52 Å². The Morgan fingerprint density at radius 2 is 1.88 bits per heavy atom. The highest BCUT2D eigenvalue weighted by Crippen LogP contribution is 2.23. The third-order valence-electron chi connectivity index (χ3n) is 3.69. The van der Waals surface area contributed by atoms with E-state index in [9.17, 15) is 14.0 Å². The number of nitrogens with two attached hydrogens (primary N) is 1. The van der Waals surface area contributed by atoms with Gasteiger partial charge in [0.2, 0.25) is 11.0 Å². The highest BCUT2D eigenvalue weighted by atomic mass is 32.1. The number of primary amides is 1. The second kappa shape index (κ2) is 7.40. The van der Waals surface area contributed by atoms with E-state index in [2.05, 4.69) is 14.7 Å². The van der Waals surface area contributed by atoms with Crippen molar-refractivity contribution < 1.29 is 14.0 Å². The van der Waals surface area contributed by atoms with Crippen LogP contribution in [0.2, 0.25) is 0 Å². The Kier molecular flexibility index (Phi) is 5.04. The Labute approximate surface area is 153 Å². The fourth-order valence-electron chi connectivity index (χ4n) is 2.33. The molecule has 1 atom stereocenters. The first kappa shape index (κ1) is 17.7. The van der Waals surface area contributed by atoms with Gasteiger partial charge in [-0.25, -0.2) is 4.39 Å². The van der Waals surface area contributed by atoms with Gasteiger partial charge in [0.1, 0.15) is 5.82 Å². The number of benzene rings is 2. The van der Waals surface area contributed by atoms with Crippen molar-refractivity contribution in [2.75, 3.05) is 5.32 Å². The molecule has 1 heterocycles. The highest BCUT2D eigenvalue weighted by Gasteiger charge is 2.17. The number of ketones is 1. The summed E-state index contributed by atoms with van der Waals surface area (Å²) < 4.78 is 17.2. The number of hydrogen-bond acceptors (Lipinski definition) is 6. The molecule has 0 aliphatic heterocycles. The van der Waals surface area contributed by atoms with Crippen molar-refractivity contribution in [1.82, 2.24) is 9.36 Å². The molecule has 1 unspecified atom stereocenters. The molecular weight excluding hydrogens is 355 g/mol. The molecule has 132 valence electrons. The van der Waals surface area contributed by atoms with Gasteiger partial charge in [-0.2, -0.15) is 9.36 Å². The Balaban J connectivity index is 1.73. The molecule has 3 N–H and O–H groups in total. The van der Waals surface area contributed by atoms with Gasteiger partial charge in [-0.3, -0.25) is 9.59 Å². The van der Waals surface area contributed by atoms with Gasteiger partial charge < -0.3 is 11.1 Å². The molecular formula is C18H15FN4O2S. The van der Waals surface area contributed by atoms with Crippen molar-refractivity contribution in [3.05, 3.63) is 65.5 Å². The lowest BCUT2D eigenvalue weighted by Crippen LogP contribution is -2.26. The molecule has 3 aromatic rings. The molecule has 0 radical (unpaired) electrons. The summed E-state index contributed by atoms with van der Waals surface area (Å²) >= 11 is 1.10. The second-order valence-corrected chi connectivity index (χ2v) is 6.36. The molecule has 1 amide bonds. The fourth-order valence-corrected chi connectivity index (χ4v) is 3.00. The summed E-state index contributed by atoms with van der Waals surface area (Å²) in [6.07, 6.45) is 0. The molecule has 0 saturated carbocycles. The minimum atomic E-state index is -0.557. The van der Waals surface area contributed by atoms with Crippen molar-refractivity contribution in [2.45, 2.75) is 13.0 Å². The maximum Gasteiger partial charge on any atom is 0.248 e. The van der Waals surface area contributed by atoms with Crippen molar-refractivity contribution in [3.8, 4) is 11.4 Å². The predicted octanol–water partition coefficient (Wildman–Crippen LogP) is 3.13. The van der Waals surface area contributed by atoms with Gasteiger partial charge in [-0.15, -0.1) is 0 Å². The van der Waals surface area contributed by atoms with Gasteiger partial charge in [-0.05, 0) is 43.3 Å². The van der Waals surface area contributed by atoms with Gasteiger partial charge in [0.25, 0.3) is 0 Å². The molecule has 0 bridgehead atoms. The Morgan fingerprint density at radius 3 is 2.58 bits per heavy atom. The van der Waals surface area contributed by atoms with Crippen LogP contribution in [0, 0.1) is 5.82 Å². The van der Waals surface area contributed by atoms with Crippen LogP contribution in [-0.2, 0) is 0 Å². The largest absolute Gasteiger partial charge is 0.366 e. The Hall–Kier alpha value is -3.13. The highest BCUT2D eigenvalue weighted by molar-refractivity contribution is 7.09. The average Bonchev–Trinajstić information content (AvgIpc) is 3.10. The van der Waals surface area contributed by atoms with Gasteiger partial charge in [0, 0.05) is 28.2 Å². The summed E-state index contributed by atoms with van der Waals surface area (Å²) in [4.78, 5) is 28.0. The van der Waals surface area contributed by atoms with Gasteiger partial charge in [-0.1, -0.05) is 12.1 Å². The van der Waals surface area contributed by atoms with Crippen LogP contribution >= 0.6 is 11.5 Å². The summed E-state index contributed by atoms with van der Waals surface area (Å²) in [5, 5.41) is 3.46. The molecule has 26 heavy (non-hydrogen) atoms. The maximum atomic E-state index is 13.0. The van der Waals surface area contributed by atoms with Crippen LogP contribution in [0.5, 0.6) is 0 Å². The number of amides is 1. The molecule has 0 fully saturated rings. The average molecular weight is 370 g/mol. The van der Waals surface area contributed by atoms with Crippen LogP contribution in [0.25, 0.3) is 11.4 Å². The van der Waals surface area contributed by atoms with Crippen LogP contribution in [-0.4, -0.2) is 27.1 Å². The topological polar surface area (TPSA) is 98.0 Å². The van der Waals surface area contributed by atoms with Crippen molar-refractivity contribution in [3.63, 3.8) is 0 Å². The van der Waals surface area contributed by atoms with E-state index in [-0.39, 0.29) is 5.78 Å². The third kappa shape index (κ3) is 3.92. The van der Waals surface area contributed by atoms with E-state index in [4.69, 9.17) is 5.73 Å². The van der Waals surface area contributed by atoms with Gasteiger partial charge in [0.05, 0.1) is 6.04 Å². The number of carbonyl (C=O) groups excluding carboxylic acids is 2. The SMILES string of the molecule is CC(Nc1nc(-c2cccc(C(N)=O)c2)ns1)C(=O)c1ccc(F)cc1. The van der Waals surface area contributed by atoms with E-state index in [1.165, 1.54) is 24.3 Å². The second-order valence-electron chi connectivity index (χ2n) is 5.61. The molecule has 0 spiro atoms. The summed E-state index contributed by atoms with van der Waals surface area (Å²) in [5.41, 5.74) is 6.71. The predicted molar refractivity (Wildman–Crippen MR) is 97.7 cm³/mol. The molecule has 1 aromatic heterocycles. The van der Waals surface area contributed by atoms with E-state index in [0.29, 0.717) is 27.6 Å². The lowest BCUT2D eigenvalue weighted by atomic mass is 10.1. The summed E-state index contributed by atoms with van der Waals surface area (Å²) in [6.45, 7) is 1.69. The standard InChI is InChI=1S/C18H15FN4O2S/c1-10(15(24)11-5-7-14(19)8-6-11)21-18-22-17(23-26-18)13-4-2-3-12(9-13)16(20)25/h2-10H,1H3,(H2,20,25)(H,21,22,23). The molecule has 2 aromatic carbocycles. The van der Waals surface area contributed by atoms with Crippen molar-refractivity contribution in [1.29, 1.82) is 0 Å². The number of hydrogen-bond donors (Lipinski definition) is 2. The third-order valence-corrected chi connectivity index (χ3v) is 4.34. The first-order valence-corrected chi connectivity index (χ1v) is 8.51. The molecule has 3 rings (SSSR count). The summed E-state index contributed by atoms with van der Waals surface area (Å²) in [7, 11) is 0. The minimum Gasteiger partial charge on any atom is -0.366 e. The zero-order valence-corrected chi connectivity index (χ0v) is 14.6. The number of aromatic nitrogens is 2. The molecule has 0 aliphatic rings. The monoisotopic (exact) mass is 370 g/mol. The van der Waals surface area contributed by atoms with Crippen molar-refractivity contribution in [2.24, 2.45) is 5.73 Å². The molecule has 0 saturated heterocycles. The van der Waals surface area contributed by atoms with Crippen molar-refractivity contribution >= 4 is 28.4 Å². The zero-order chi connectivity index (χ0) is 18.7. The first-order chi connectivity index (χ1) is 12.4. The smallest absolute Gasteiger partial charge is 0.248 e. The number of Topliss-reactive ketones (excluding diaryl/α,β-unsaturated/α-hetero) is 1. The van der Waals surface area contributed by atoms with E-state index < -0.39 is 17.8 Å². The van der Waals surface area contributed by atoms with E-state index in [1.54, 1.807) is 31.2 Å². The Morgan fingerprint density at radius 1 is 1.15 bits per heavy atom. The number of nitrogens with one attached hydrogen (secondary N) is 1. The quantitative estimate of drug-likeness (QED) is 0.650. The lowest BCUT2D eigenvalue weighted by Gasteiger charge is -2.11. The van der Waals surface area contributed by atoms with E-state index in [1.807, 2.05) is 0 Å². The van der Waals surface area contributed by atoms with Gasteiger partial charge >= 0.3 is 0 Å². The zero-order valence-electron chi connectivity index (χ0n) is 13.8. The minimum absolute atomic E-state index is 0.183. The number of carbonyl (C=O) groups is 2. The van der Waals surface area contributed by atoms with Crippen LogP contribution in [0.1, 0.15) is 27.6 Å². The van der Waals surface area contributed by atoms with E-state index >= 15 is 0 Å². The number of anilines is 1. The van der Waals surface area contributed by atoms with Gasteiger partial charge in [0.15, 0.2) is 11.6 Å². The first-order valence-electron chi connectivity index (χ1n) is 7.74. The maximum absolute atomic E-state index is 13.0. The van der Waals surface area contributed by atoms with E-state index in [0.717, 1.165) is 11.5 Å². The Bertz CT molecular complexity index is 956. The normalized spacial score (nSPS) is 11.8. The number of nitrogens with zero attached hydrogens (tertiary/aromatic N) is 2.